The Labute approximate surface area is 126 Å². The van der Waals surface area contributed by atoms with Crippen LogP contribution in [0.4, 0.5) is 11.4 Å². The maximum Gasteiger partial charge on any atom is 0.253 e. The van der Waals surface area contributed by atoms with Gasteiger partial charge in [0.25, 0.3) is 5.91 Å². The zero-order valence-corrected chi connectivity index (χ0v) is 13.5. The predicted octanol–water partition coefficient (Wildman–Crippen LogP) is 2.74. The average Bonchev–Trinajstić information content (AvgIpc) is 2.36. The molecule has 0 fully saturated rings. The van der Waals surface area contributed by atoms with Gasteiger partial charge in [0, 0.05) is 11.4 Å². The van der Waals surface area contributed by atoms with Crippen LogP contribution in [0.5, 0.6) is 0 Å². The van der Waals surface area contributed by atoms with Gasteiger partial charge < -0.3 is 20.5 Å². The SMILES string of the molecule is Cc1cc(N)ccc1NC(=O)C(C)OCCOC(C)(C)C. The maximum atomic E-state index is 12.0. The number of anilines is 2. The van der Waals surface area contributed by atoms with Gasteiger partial charge in [0.1, 0.15) is 6.10 Å². The summed E-state index contributed by atoms with van der Waals surface area (Å²) in [6, 6.07) is 5.36. The molecule has 0 radical (unpaired) electrons. The van der Waals surface area contributed by atoms with Crippen molar-refractivity contribution < 1.29 is 14.3 Å². The molecule has 0 heterocycles. The molecule has 0 aromatic heterocycles. The van der Waals surface area contributed by atoms with Gasteiger partial charge in [0.2, 0.25) is 0 Å². The molecule has 5 heteroatoms. The number of nitrogens with two attached hydrogens (primary N) is 1. The summed E-state index contributed by atoms with van der Waals surface area (Å²) in [5.74, 6) is -0.182. The number of aryl methyl sites for hydroxylation is 1. The molecule has 0 aliphatic carbocycles. The smallest absolute Gasteiger partial charge is 0.253 e. The lowest BCUT2D eigenvalue weighted by molar-refractivity contribution is -0.128. The highest BCUT2D eigenvalue weighted by molar-refractivity contribution is 5.94. The summed E-state index contributed by atoms with van der Waals surface area (Å²) >= 11 is 0. The van der Waals surface area contributed by atoms with Crippen molar-refractivity contribution in [3.8, 4) is 0 Å². The molecule has 0 aliphatic heterocycles. The monoisotopic (exact) mass is 294 g/mol. The summed E-state index contributed by atoms with van der Waals surface area (Å²) in [6.45, 7) is 10.4. The van der Waals surface area contributed by atoms with E-state index in [0.29, 0.717) is 18.9 Å². The molecule has 0 saturated heterocycles. The van der Waals surface area contributed by atoms with Crippen molar-refractivity contribution in [1.29, 1.82) is 0 Å². The van der Waals surface area contributed by atoms with Crippen LogP contribution in [0.3, 0.4) is 0 Å². The highest BCUT2D eigenvalue weighted by Crippen LogP contribution is 2.18. The minimum atomic E-state index is -0.537. The van der Waals surface area contributed by atoms with Crippen LogP contribution in [0.2, 0.25) is 0 Å². The molecule has 1 rings (SSSR count). The van der Waals surface area contributed by atoms with E-state index in [4.69, 9.17) is 15.2 Å². The van der Waals surface area contributed by atoms with Crippen molar-refractivity contribution in [2.45, 2.75) is 46.3 Å². The number of amides is 1. The second-order valence-corrected chi connectivity index (χ2v) is 6.04. The molecule has 21 heavy (non-hydrogen) atoms. The molecule has 0 aliphatic rings. The molecule has 1 amide bonds. The normalized spacial score (nSPS) is 13.0. The van der Waals surface area contributed by atoms with Crippen LogP contribution in [-0.2, 0) is 14.3 Å². The van der Waals surface area contributed by atoms with Crippen LogP contribution in [0.15, 0.2) is 18.2 Å². The zero-order chi connectivity index (χ0) is 16.0. The van der Waals surface area contributed by atoms with E-state index in [-0.39, 0.29) is 11.5 Å². The van der Waals surface area contributed by atoms with Crippen LogP contribution in [0.1, 0.15) is 33.3 Å². The highest BCUT2D eigenvalue weighted by atomic mass is 16.5. The standard InChI is InChI=1S/C16H26N2O3/c1-11-10-13(17)6-7-14(11)18-15(19)12(2)20-8-9-21-16(3,4)5/h6-7,10,12H,8-9,17H2,1-5H3,(H,18,19). The Kier molecular flexibility index (Phi) is 6.18. The summed E-state index contributed by atoms with van der Waals surface area (Å²) < 4.78 is 11.0. The van der Waals surface area contributed by atoms with E-state index in [0.717, 1.165) is 11.3 Å². The molecule has 0 bridgehead atoms. The van der Waals surface area contributed by atoms with E-state index in [9.17, 15) is 4.79 Å². The second-order valence-electron chi connectivity index (χ2n) is 6.04. The van der Waals surface area contributed by atoms with Crippen LogP contribution < -0.4 is 11.1 Å². The first kappa shape index (κ1) is 17.5. The third-order valence-corrected chi connectivity index (χ3v) is 2.86. The number of nitrogen functional groups attached to an aromatic ring is 1. The summed E-state index contributed by atoms with van der Waals surface area (Å²) in [7, 11) is 0. The molecule has 0 saturated carbocycles. The lowest BCUT2D eigenvalue weighted by Gasteiger charge is -2.20. The van der Waals surface area contributed by atoms with Crippen molar-refractivity contribution in [3.05, 3.63) is 23.8 Å². The molecule has 0 spiro atoms. The first-order valence-electron chi connectivity index (χ1n) is 7.11. The van der Waals surface area contributed by atoms with Crippen molar-refractivity contribution >= 4 is 17.3 Å². The molecule has 118 valence electrons. The molecular formula is C16H26N2O3. The van der Waals surface area contributed by atoms with Crippen LogP contribution in [0, 0.1) is 6.92 Å². The Hall–Kier alpha value is -1.59. The third-order valence-electron chi connectivity index (χ3n) is 2.86. The van der Waals surface area contributed by atoms with E-state index in [1.54, 1.807) is 19.1 Å². The Bertz CT molecular complexity index is 481. The number of hydrogen-bond donors (Lipinski definition) is 2. The molecule has 1 aromatic carbocycles. The van der Waals surface area contributed by atoms with Crippen molar-refractivity contribution in [3.63, 3.8) is 0 Å². The molecule has 5 nitrogen and oxygen atoms in total. The predicted molar refractivity (Wildman–Crippen MR) is 85.3 cm³/mol. The molecule has 1 atom stereocenters. The van der Waals surface area contributed by atoms with Crippen LogP contribution in [-0.4, -0.2) is 30.8 Å². The summed E-state index contributed by atoms with van der Waals surface area (Å²) in [4.78, 5) is 12.0. The molecule has 1 aromatic rings. The minimum Gasteiger partial charge on any atom is -0.399 e. The fourth-order valence-corrected chi connectivity index (χ4v) is 1.71. The van der Waals surface area contributed by atoms with E-state index >= 15 is 0 Å². The number of hydrogen-bond acceptors (Lipinski definition) is 4. The van der Waals surface area contributed by atoms with Gasteiger partial charge in [-0.1, -0.05) is 0 Å². The largest absolute Gasteiger partial charge is 0.399 e. The second kappa shape index (κ2) is 7.43. The number of carbonyl (C=O) groups is 1. The van der Waals surface area contributed by atoms with Gasteiger partial charge >= 0.3 is 0 Å². The molecule has 3 N–H and O–H groups in total. The Morgan fingerprint density at radius 2 is 2.00 bits per heavy atom. The van der Waals surface area contributed by atoms with E-state index in [2.05, 4.69) is 5.32 Å². The van der Waals surface area contributed by atoms with Gasteiger partial charge in [-0.05, 0) is 58.4 Å². The highest BCUT2D eigenvalue weighted by Gasteiger charge is 2.15. The van der Waals surface area contributed by atoms with Gasteiger partial charge in [-0.25, -0.2) is 0 Å². The average molecular weight is 294 g/mol. The number of ether oxygens (including phenoxy) is 2. The van der Waals surface area contributed by atoms with Crippen molar-refractivity contribution in [2.24, 2.45) is 0 Å². The third kappa shape index (κ3) is 6.60. The lowest BCUT2D eigenvalue weighted by atomic mass is 10.1. The molecule has 1 unspecified atom stereocenters. The Balaban J connectivity index is 2.41. The number of benzene rings is 1. The quantitative estimate of drug-likeness (QED) is 0.625. The zero-order valence-electron chi connectivity index (χ0n) is 13.5. The van der Waals surface area contributed by atoms with Gasteiger partial charge in [0.05, 0.1) is 18.8 Å². The van der Waals surface area contributed by atoms with E-state index in [1.165, 1.54) is 0 Å². The number of rotatable bonds is 6. The van der Waals surface area contributed by atoms with Gasteiger partial charge in [-0.15, -0.1) is 0 Å². The van der Waals surface area contributed by atoms with Crippen LogP contribution >= 0.6 is 0 Å². The maximum absolute atomic E-state index is 12.0. The Morgan fingerprint density at radius 3 is 2.57 bits per heavy atom. The summed E-state index contributed by atoms with van der Waals surface area (Å²) in [5, 5.41) is 2.83. The number of carbonyl (C=O) groups excluding carboxylic acids is 1. The minimum absolute atomic E-state index is 0.182. The first-order valence-corrected chi connectivity index (χ1v) is 7.11. The van der Waals surface area contributed by atoms with E-state index < -0.39 is 6.10 Å². The van der Waals surface area contributed by atoms with E-state index in [1.807, 2.05) is 33.8 Å². The number of nitrogens with one attached hydrogen (secondary N) is 1. The van der Waals surface area contributed by atoms with Gasteiger partial charge in [-0.3, -0.25) is 4.79 Å². The fourth-order valence-electron chi connectivity index (χ4n) is 1.71. The van der Waals surface area contributed by atoms with Crippen molar-refractivity contribution in [1.82, 2.24) is 0 Å². The van der Waals surface area contributed by atoms with Crippen molar-refractivity contribution in [2.75, 3.05) is 24.3 Å². The Morgan fingerprint density at radius 1 is 1.33 bits per heavy atom. The van der Waals surface area contributed by atoms with Gasteiger partial charge in [-0.2, -0.15) is 0 Å². The lowest BCUT2D eigenvalue weighted by Crippen LogP contribution is -2.30. The fraction of sp³-hybridized carbons (Fsp3) is 0.562. The summed E-state index contributed by atoms with van der Waals surface area (Å²) in [6.07, 6.45) is -0.537. The topological polar surface area (TPSA) is 73.6 Å². The van der Waals surface area contributed by atoms with Crippen LogP contribution in [0.25, 0.3) is 0 Å². The first-order chi connectivity index (χ1) is 9.69. The van der Waals surface area contributed by atoms with Gasteiger partial charge in [0.15, 0.2) is 0 Å². The molecular weight excluding hydrogens is 268 g/mol. The summed E-state index contributed by atoms with van der Waals surface area (Å²) in [5.41, 5.74) is 7.83.